The summed E-state index contributed by atoms with van der Waals surface area (Å²) in [6.07, 6.45) is 4.34. The third-order valence-electron chi connectivity index (χ3n) is 5.13. The van der Waals surface area contributed by atoms with Gasteiger partial charge in [0.05, 0.1) is 24.2 Å². The molecular weight excluding hydrogens is 372 g/mol. The van der Waals surface area contributed by atoms with E-state index in [0.717, 1.165) is 23.9 Å². The lowest BCUT2D eigenvalue weighted by Crippen LogP contribution is -2.15. The number of rotatable bonds is 10. The van der Waals surface area contributed by atoms with Crippen LogP contribution in [0.1, 0.15) is 81.1 Å². The fraction of sp³-hybridized carbons (Fsp3) is 0.692. The molecule has 1 aromatic heterocycles. The van der Waals surface area contributed by atoms with E-state index >= 15 is 0 Å². The zero-order chi connectivity index (χ0) is 22.4. The fourth-order valence-corrected chi connectivity index (χ4v) is 4.16. The first-order valence-corrected chi connectivity index (χ1v) is 11.5. The van der Waals surface area contributed by atoms with Gasteiger partial charge in [-0.05, 0) is 60.5 Å². The van der Waals surface area contributed by atoms with E-state index in [0.29, 0.717) is 47.6 Å². The number of benzene rings is 1. The van der Waals surface area contributed by atoms with Gasteiger partial charge < -0.3 is 9.47 Å². The molecule has 1 heterocycles. The van der Waals surface area contributed by atoms with Crippen LogP contribution in [0, 0.1) is 22.7 Å². The lowest BCUT2D eigenvalue weighted by atomic mass is 9.84. The summed E-state index contributed by atoms with van der Waals surface area (Å²) in [4.78, 5) is 9.39. The van der Waals surface area contributed by atoms with Crippen LogP contribution in [0.2, 0.25) is 0 Å². The van der Waals surface area contributed by atoms with Crippen LogP contribution in [0.4, 0.5) is 0 Å². The zero-order valence-corrected chi connectivity index (χ0v) is 20.4. The lowest BCUT2D eigenvalue weighted by molar-refractivity contribution is 0.206. The summed E-state index contributed by atoms with van der Waals surface area (Å²) in [6, 6.07) is 7.88. The van der Waals surface area contributed by atoms with Crippen LogP contribution in [0.3, 0.4) is 0 Å². The molecular formula is C26H42N2O2. The highest BCUT2D eigenvalue weighted by Crippen LogP contribution is 2.30. The summed E-state index contributed by atoms with van der Waals surface area (Å²) in [7, 11) is 0. The van der Waals surface area contributed by atoms with Gasteiger partial charge in [0, 0.05) is 0 Å². The minimum Gasteiger partial charge on any atom is -0.474 e. The van der Waals surface area contributed by atoms with Crippen molar-refractivity contribution in [3.63, 3.8) is 0 Å². The van der Waals surface area contributed by atoms with Crippen molar-refractivity contribution < 1.29 is 9.47 Å². The largest absolute Gasteiger partial charge is 0.474 e. The molecule has 2 atom stereocenters. The molecule has 0 aliphatic rings. The van der Waals surface area contributed by atoms with Crippen LogP contribution in [0.5, 0.6) is 11.8 Å². The van der Waals surface area contributed by atoms with Gasteiger partial charge in [0.25, 0.3) is 11.8 Å². The van der Waals surface area contributed by atoms with Gasteiger partial charge in [-0.2, -0.15) is 0 Å². The number of ether oxygens (including phenoxy) is 2. The summed E-state index contributed by atoms with van der Waals surface area (Å²) >= 11 is 0. The Morgan fingerprint density at radius 2 is 1.07 bits per heavy atom. The zero-order valence-electron chi connectivity index (χ0n) is 20.4. The molecule has 0 saturated heterocycles. The molecule has 4 nitrogen and oxygen atoms in total. The highest BCUT2D eigenvalue weighted by Gasteiger charge is 2.18. The van der Waals surface area contributed by atoms with Gasteiger partial charge in [0.1, 0.15) is 0 Å². The van der Waals surface area contributed by atoms with Crippen molar-refractivity contribution in [2.75, 3.05) is 13.2 Å². The molecule has 0 saturated carbocycles. The van der Waals surface area contributed by atoms with E-state index in [1.165, 1.54) is 12.8 Å². The van der Waals surface area contributed by atoms with Crippen LogP contribution < -0.4 is 9.47 Å². The van der Waals surface area contributed by atoms with Crippen LogP contribution in [-0.4, -0.2) is 23.2 Å². The Labute approximate surface area is 183 Å². The summed E-state index contributed by atoms with van der Waals surface area (Å²) in [5.41, 5.74) is 2.34. The maximum Gasteiger partial charge on any atom is 0.278 e. The van der Waals surface area contributed by atoms with E-state index in [2.05, 4.69) is 55.4 Å². The minimum absolute atomic E-state index is 0.334. The lowest BCUT2D eigenvalue weighted by Gasteiger charge is -2.23. The summed E-state index contributed by atoms with van der Waals surface area (Å²) in [5.74, 6) is 2.22. The molecule has 0 bridgehead atoms. The molecule has 30 heavy (non-hydrogen) atoms. The molecule has 0 fully saturated rings. The number of hydrogen-bond acceptors (Lipinski definition) is 4. The first kappa shape index (κ1) is 24.4. The molecule has 2 rings (SSSR count). The predicted molar refractivity (Wildman–Crippen MR) is 126 cm³/mol. The van der Waals surface area contributed by atoms with Crippen molar-refractivity contribution in [2.24, 2.45) is 22.7 Å². The van der Waals surface area contributed by atoms with E-state index in [1.54, 1.807) is 0 Å². The highest BCUT2D eigenvalue weighted by molar-refractivity contribution is 5.75. The summed E-state index contributed by atoms with van der Waals surface area (Å²) < 4.78 is 12.1. The van der Waals surface area contributed by atoms with Crippen molar-refractivity contribution in [1.82, 2.24) is 9.97 Å². The van der Waals surface area contributed by atoms with Gasteiger partial charge in [-0.3, -0.25) is 0 Å². The first-order chi connectivity index (χ1) is 13.9. The van der Waals surface area contributed by atoms with Crippen LogP contribution in [-0.2, 0) is 0 Å². The Morgan fingerprint density at radius 3 is 1.40 bits per heavy atom. The van der Waals surface area contributed by atoms with E-state index in [4.69, 9.17) is 19.4 Å². The molecule has 168 valence electrons. The van der Waals surface area contributed by atoms with Gasteiger partial charge in [0.2, 0.25) is 0 Å². The van der Waals surface area contributed by atoms with E-state index < -0.39 is 0 Å². The Hall–Kier alpha value is -1.84. The fourth-order valence-electron chi connectivity index (χ4n) is 4.16. The second-order valence-electron chi connectivity index (χ2n) is 11.3. The van der Waals surface area contributed by atoms with Crippen molar-refractivity contribution in [1.29, 1.82) is 0 Å². The summed E-state index contributed by atoms with van der Waals surface area (Å²) in [5, 5.41) is 0. The minimum atomic E-state index is 0.334. The Kier molecular flexibility index (Phi) is 8.52. The van der Waals surface area contributed by atoms with Crippen molar-refractivity contribution in [3.8, 4) is 11.8 Å². The molecule has 1 aromatic carbocycles. The van der Waals surface area contributed by atoms with Crippen LogP contribution in [0.15, 0.2) is 24.3 Å². The molecule has 2 unspecified atom stereocenters. The van der Waals surface area contributed by atoms with Crippen molar-refractivity contribution >= 4 is 11.0 Å². The Bertz CT molecular complexity index is 723. The van der Waals surface area contributed by atoms with E-state index in [1.807, 2.05) is 24.3 Å². The molecule has 0 N–H and O–H groups in total. The average Bonchev–Trinajstić information content (AvgIpc) is 2.58. The predicted octanol–water partition coefficient (Wildman–Crippen LogP) is 7.31. The van der Waals surface area contributed by atoms with Crippen molar-refractivity contribution in [2.45, 2.75) is 81.1 Å². The molecule has 0 amide bonds. The van der Waals surface area contributed by atoms with E-state index in [9.17, 15) is 0 Å². The second kappa shape index (κ2) is 10.5. The smallest absolute Gasteiger partial charge is 0.278 e. The van der Waals surface area contributed by atoms with E-state index in [-0.39, 0.29) is 0 Å². The van der Waals surface area contributed by atoms with Crippen LogP contribution in [0.25, 0.3) is 11.0 Å². The third kappa shape index (κ3) is 8.89. The maximum absolute atomic E-state index is 6.07. The maximum atomic E-state index is 6.07. The average molecular weight is 415 g/mol. The Morgan fingerprint density at radius 1 is 0.700 bits per heavy atom. The topological polar surface area (TPSA) is 44.2 Å². The number of fused-ring (bicyclic) bond motifs is 1. The highest BCUT2D eigenvalue weighted by atomic mass is 16.5. The normalized spacial score (nSPS) is 14.5. The third-order valence-corrected chi connectivity index (χ3v) is 5.13. The molecule has 0 aliphatic heterocycles. The molecule has 0 radical (unpaired) electrons. The Balaban J connectivity index is 2.02. The first-order valence-electron chi connectivity index (χ1n) is 11.5. The monoisotopic (exact) mass is 414 g/mol. The second-order valence-corrected chi connectivity index (χ2v) is 11.3. The van der Waals surface area contributed by atoms with Gasteiger partial charge in [-0.25, -0.2) is 9.97 Å². The van der Waals surface area contributed by atoms with Gasteiger partial charge in [-0.1, -0.05) is 67.5 Å². The van der Waals surface area contributed by atoms with Crippen LogP contribution >= 0.6 is 0 Å². The van der Waals surface area contributed by atoms with Gasteiger partial charge in [-0.15, -0.1) is 0 Å². The number of nitrogens with zero attached hydrogens (tertiary/aromatic N) is 2. The summed E-state index contributed by atoms with van der Waals surface area (Å²) in [6.45, 7) is 19.5. The molecule has 0 aliphatic carbocycles. The van der Waals surface area contributed by atoms with Crippen molar-refractivity contribution in [3.05, 3.63) is 24.3 Å². The molecule has 4 heteroatoms. The standard InChI is InChI=1S/C26H42N2O2/c1-19(17-25(3,4)5)13-15-29-23-24(28-22-12-10-9-11-21(22)27-23)30-16-14-20(2)18-26(6,7)8/h9-12,19-20H,13-18H2,1-8H3. The molecule has 0 spiro atoms. The SMILES string of the molecule is CC(CCOc1nc2ccccc2nc1OCCC(C)CC(C)(C)C)CC(C)(C)C. The van der Waals surface area contributed by atoms with Gasteiger partial charge >= 0.3 is 0 Å². The quantitative estimate of drug-likeness (QED) is 0.409. The number of para-hydroxylation sites is 2. The number of hydrogen-bond donors (Lipinski definition) is 0. The molecule has 2 aromatic rings. The number of aromatic nitrogens is 2. The van der Waals surface area contributed by atoms with Gasteiger partial charge in [0.15, 0.2) is 0 Å².